The van der Waals surface area contributed by atoms with E-state index in [1.807, 2.05) is 18.2 Å². The molecule has 1 amide bonds. The molecule has 152 valence electrons. The second kappa shape index (κ2) is 9.10. The fraction of sp³-hybridized carbons (Fsp3) is 0.524. The van der Waals surface area contributed by atoms with E-state index in [4.69, 9.17) is 19.3 Å². The van der Waals surface area contributed by atoms with Gasteiger partial charge in [0.05, 0.1) is 33.1 Å². The summed E-state index contributed by atoms with van der Waals surface area (Å²) in [5.74, 6) is 1.44. The number of methoxy groups -OCH3 is 2. The molecule has 1 N–H and O–H groups in total. The predicted molar refractivity (Wildman–Crippen MR) is 106 cm³/mol. The van der Waals surface area contributed by atoms with Crippen molar-refractivity contribution in [2.75, 3.05) is 20.8 Å². The van der Waals surface area contributed by atoms with Gasteiger partial charge in [-0.05, 0) is 32.0 Å². The van der Waals surface area contributed by atoms with Crippen LogP contribution in [0.25, 0.3) is 0 Å². The maximum absolute atomic E-state index is 12.4. The van der Waals surface area contributed by atoms with Crippen LogP contribution in [0, 0.1) is 0 Å². The molecule has 0 saturated heterocycles. The molecular weight excluding hydrogens is 358 g/mol. The minimum atomic E-state index is -0.0190. The number of carbonyl (C=O) groups excluding carboxylic acids is 1. The Bertz CT molecular complexity index is 829. The molecule has 28 heavy (non-hydrogen) atoms. The Morgan fingerprint density at radius 1 is 1.32 bits per heavy atom. The topological polar surface area (TPSA) is 74.6 Å². The van der Waals surface area contributed by atoms with Gasteiger partial charge in [-0.3, -0.25) is 9.48 Å². The Morgan fingerprint density at radius 3 is 2.86 bits per heavy atom. The number of hydrogen-bond acceptors (Lipinski definition) is 5. The Kier molecular flexibility index (Phi) is 6.57. The molecule has 7 nitrogen and oxygen atoms in total. The number of aryl methyl sites for hydroxylation is 1. The minimum Gasteiger partial charge on any atom is -0.497 e. The summed E-state index contributed by atoms with van der Waals surface area (Å²) < 4.78 is 18.3. The Balaban J connectivity index is 1.61. The number of hydrogen-bond donors (Lipinski definition) is 1. The lowest BCUT2D eigenvalue weighted by atomic mass is 10.1. The molecule has 1 aromatic heterocycles. The zero-order valence-corrected chi connectivity index (χ0v) is 17.1. The van der Waals surface area contributed by atoms with Crippen molar-refractivity contribution in [2.45, 2.75) is 52.3 Å². The van der Waals surface area contributed by atoms with Crippen LogP contribution < -0.4 is 14.8 Å². The van der Waals surface area contributed by atoms with E-state index in [1.54, 1.807) is 14.2 Å². The average Bonchev–Trinajstić information content (AvgIpc) is 3.09. The van der Waals surface area contributed by atoms with Crippen molar-refractivity contribution in [1.82, 2.24) is 15.1 Å². The fourth-order valence-corrected chi connectivity index (χ4v) is 3.49. The third kappa shape index (κ3) is 4.47. The highest BCUT2D eigenvalue weighted by Gasteiger charge is 2.22. The summed E-state index contributed by atoms with van der Waals surface area (Å²) in [6.45, 7) is 5.95. The molecule has 0 spiro atoms. The van der Waals surface area contributed by atoms with Crippen molar-refractivity contribution in [2.24, 2.45) is 0 Å². The quantitative estimate of drug-likeness (QED) is 0.754. The largest absolute Gasteiger partial charge is 0.497 e. The van der Waals surface area contributed by atoms with Crippen molar-refractivity contribution < 1.29 is 19.0 Å². The van der Waals surface area contributed by atoms with E-state index in [0.29, 0.717) is 32.0 Å². The summed E-state index contributed by atoms with van der Waals surface area (Å²) in [4.78, 5) is 12.4. The van der Waals surface area contributed by atoms with Crippen LogP contribution in [0.5, 0.6) is 11.5 Å². The van der Waals surface area contributed by atoms with Crippen LogP contribution in [-0.4, -0.2) is 36.5 Å². The van der Waals surface area contributed by atoms with Crippen molar-refractivity contribution in [3.8, 4) is 11.5 Å². The standard InChI is InChI=1S/C21H29N3O4/c1-14(2)24-19-9-10-28-13-17(19)18(23-24)6-8-21(25)22-12-15-11-16(26-3)5-7-20(15)27-4/h5,7,11,14H,6,8-10,12-13H2,1-4H3,(H,22,25). The minimum absolute atomic E-state index is 0.0190. The van der Waals surface area contributed by atoms with Gasteiger partial charge in [-0.1, -0.05) is 0 Å². The van der Waals surface area contributed by atoms with Crippen molar-refractivity contribution in [1.29, 1.82) is 0 Å². The molecule has 2 aromatic rings. The number of fused-ring (bicyclic) bond motifs is 1. The molecule has 0 fully saturated rings. The summed E-state index contributed by atoms with van der Waals surface area (Å²) in [5.41, 5.74) is 4.25. The highest BCUT2D eigenvalue weighted by Crippen LogP contribution is 2.25. The normalized spacial score (nSPS) is 13.3. The molecule has 7 heteroatoms. The predicted octanol–water partition coefficient (Wildman–Crippen LogP) is 2.80. The fourth-order valence-electron chi connectivity index (χ4n) is 3.49. The zero-order chi connectivity index (χ0) is 20.1. The molecule has 0 radical (unpaired) electrons. The van der Waals surface area contributed by atoms with E-state index in [1.165, 1.54) is 5.69 Å². The van der Waals surface area contributed by atoms with E-state index >= 15 is 0 Å². The molecule has 1 aromatic carbocycles. The van der Waals surface area contributed by atoms with Crippen LogP contribution in [0.1, 0.15) is 48.8 Å². The maximum Gasteiger partial charge on any atom is 0.220 e. The number of amides is 1. The van der Waals surface area contributed by atoms with Crippen LogP contribution in [0.2, 0.25) is 0 Å². The van der Waals surface area contributed by atoms with Crippen molar-refractivity contribution >= 4 is 5.91 Å². The first-order valence-electron chi connectivity index (χ1n) is 9.68. The Morgan fingerprint density at radius 2 is 2.14 bits per heavy atom. The maximum atomic E-state index is 12.4. The molecule has 0 aliphatic carbocycles. The molecule has 1 aliphatic heterocycles. The second-order valence-electron chi connectivity index (χ2n) is 7.17. The number of benzene rings is 1. The molecule has 1 aliphatic rings. The molecule has 0 bridgehead atoms. The van der Waals surface area contributed by atoms with Crippen LogP contribution >= 0.6 is 0 Å². The van der Waals surface area contributed by atoms with Gasteiger partial charge in [-0.15, -0.1) is 0 Å². The van der Waals surface area contributed by atoms with Gasteiger partial charge in [-0.25, -0.2) is 0 Å². The molecular formula is C21H29N3O4. The first-order valence-corrected chi connectivity index (χ1v) is 9.68. The van der Waals surface area contributed by atoms with Gasteiger partial charge in [0.25, 0.3) is 0 Å². The van der Waals surface area contributed by atoms with Crippen LogP contribution in [0.3, 0.4) is 0 Å². The zero-order valence-electron chi connectivity index (χ0n) is 17.1. The van der Waals surface area contributed by atoms with E-state index in [2.05, 4.69) is 23.8 Å². The molecule has 0 saturated carbocycles. The Hall–Kier alpha value is -2.54. The van der Waals surface area contributed by atoms with Gasteiger partial charge >= 0.3 is 0 Å². The Labute approximate surface area is 166 Å². The summed E-state index contributed by atoms with van der Waals surface area (Å²) in [5, 5.41) is 7.72. The SMILES string of the molecule is COc1ccc(OC)c(CNC(=O)CCc2nn(C(C)C)c3c2COCC3)c1. The lowest BCUT2D eigenvalue weighted by Crippen LogP contribution is -2.23. The first-order chi connectivity index (χ1) is 13.5. The number of aromatic nitrogens is 2. The lowest BCUT2D eigenvalue weighted by Gasteiger charge is -2.16. The highest BCUT2D eigenvalue weighted by atomic mass is 16.5. The number of nitrogens with zero attached hydrogens (tertiary/aromatic N) is 2. The van der Waals surface area contributed by atoms with Crippen molar-refractivity contribution in [3.63, 3.8) is 0 Å². The number of rotatable bonds is 8. The summed E-state index contributed by atoms with van der Waals surface area (Å²) in [6, 6.07) is 5.85. The molecule has 0 unspecified atom stereocenters. The van der Waals surface area contributed by atoms with Gasteiger partial charge in [0.2, 0.25) is 5.91 Å². The molecule has 3 rings (SSSR count). The van der Waals surface area contributed by atoms with Crippen LogP contribution in [-0.2, 0) is 35.5 Å². The third-order valence-electron chi connectivity index (χ3n) is 4.97. The summed E-state index contributed by atoms with van der Waals surface area (Å²) in [7, 11) is 3.23. The van der Waals surface area contributed by atoms with Gasteiger partial charge in [-0.2, -0.15) is 5.10 Å². The van der Waals surface area contributed by atoms with E-state index < -0.39 is 0 Å². The van der Waals surface area contributed by atoms with Gasteiger partial charge in [0.15, 0.2) is 0 Å². The smallest absolute Gasteiger partial charge is 0.220 e. The van der Waals surface area contributed by atoms with Crippen LogP contribution in [0.4, 0.5) is 0 Å². The molecule has 0 atom stereocenters. The van der Waals surface area contributed by atoms with Crippen molar-refractivity contribution in [3.05, 3.63) is 40.7 Å². The average molecular weight is 387 g/mol. The second-order valence-corrected chi connectivity index (χ2v) is 7.17. The number of nitrogens with one attached hydrogen (secondary N) is 1. The lowest BCUT2D eigenvalue weighted by molar-refractivity contribution is -0.121. The van der Waals surface area contributed by atoms with Gasteiger partial charge < -0.3 is 19.5 Å². The van der Waals surface area contributed by atoms with Gasteiger partial charge in [0.1, 0.15) is 11.5 Å². The van der Waals surface area contributed by atoms with E-state index in [9.17, 15) is 4.79 Å². The summed E-state index contributed by atoms with van der Waals surface area (Å²) >= 11 is 0. The van der Waals surface area contributed by atoms with E-state index in [-0.39, 0.29) is 5.91 Å². The van der Waals surface area contributed by atoms with Gasteiger partial charge in [0, 0.05) is 48.7 Å². The number of ether oxygens (including phenoxy) is 3. The van der Waals surface area contributed by atoms with E-state index in [0.717, 1.165) is 41.3 Å². The number of carbonyl (C=O) groups is 1. The van der Waals surface area contributed by atoms with Crippen LogP contribution in [0.15, 0.2) is 18.2 Å². The third-order valence-corrected chi connectivity index (χ3v) is 4.97. The summed E-state index contributed by atoms with van der Waals surface area (Å²) in [6.07, 6.45) is 1.86. The first kappa shape index (κ1) is 20.2. The highest BCUT2D eigenvalue weighted by molar-refractivity contribution is 5.76. The monoisotopic (exact) mass is 387 g/mol. The molecule has 2 heterocycles.